The van der Waals surface area contributed by atoms with Gasteiger partial charge in [0, 0.05) is 31.8 Å². The second-order valence-corrected chi connectivity index (χ2v) is 4.58. The second-order valence-electron chi connectivity index (χ2n) is 4.58. The molecular formula is C13H13NO6. The third-order valence-corrected chi connectivity index (χ3v) is 2.48. The number of esters is 2. The number of hydrogen-bond donors (Lipinski definition) is 3. The van der Waals surface area contributed by atoms with Crippen LogP contribution >= 0.6 is 0 Å². The first-order valence-electron chi connectivity index (χ1n) is 5.74. The van der Waals surface area contributed by atoms with Gasteiger partial charge >= 0.3 is 11.9 Å². The highest BCUT2D eigenvalue weighted by molar-refractivity contribution is 6.15. The first-order chi connectivity index (χ1) is 9.28. The van der Waals surface area contributed by atoms with Gasteiger partial charge in [-0.15, -0.1) is 0 Å². The lowest BCUT2D eigenvalue weighted by molar-refractivity contribution is -0.222. The molecule has 0 aromatic heterocycles. The highest BCUT2D eigenvalue weighted by Gasteiger charge is 2.38. The molecule has 7 nitrogen and oxygen atoms in total. The van der Waals surface area contributed by atoms with Crippen LogP contribution in [0.15, 0.2) is 30.0 Å². The molecule has 20 heavy (non-hydrogen) atoms. The van der Waals surface area contributed by atoms with E-state index < -0.39 is 17.7 Å². The third-order valence-electron chi connectivity index (χ3n) is 2.48. The summed E-state index contributed by atoms with van der Waals surface area (Å²) in [6.45, 7) is 2.90. The minimum absolute atomic E-state index is 0.276. The molecule has 0 aliphatic carbocycles. The Balaban J connectivity index is 2.17. The number of anilines is 1. The Labute approximate surface area is 114 Å². The van der Waals surface area contributed by atoms with E-state index in [1.165, 1.54) is 32.0 Å². The van der Waals surface area contributed by atoms with E-state index in [4.69, 9.17) is 14.6 Å². The zero-order chi connectivity index (χ0) is 14.9. The van der Waals surface area contributed by atoms with Gasteiger partial charge in [0.15, 0.2) is 17.1 Å². The Morgan fingerprint density at radius 3 is 2.25 bits per heavy atom. The number of benzene rings is 1. The zero-order valence-corrected chi connectivity index (χ0v) is 10.8. The summed E-state index contributed by atoms with van der Waals surface area (Å²) in [6, 6.07) is 3.95. The highest BCUT2D eigenvalue weighted by atomic mass is 16.7. The summed E-state index contributed by atoms with van der Waals surface area (Å²) >= 11 is 0. The summed E-state index contributed by atoms with van der Waals surface area (Å²) in [5.41, 5.74) is 0.0788. The number of nitrogens with one attached hydrogen (secondary N) is 1. The lowest BCUT2D eigenvalue weighted by atomic mass is 10.2. The van der Waals surface area contributed by atoms with Gasteiger partial charge in [-0.3, -0.25) is 0 Å². The highest BCUT2D eigenvalue weighted by Crippen LogP contribution is 2.28. The van der Waals surface area contributed by atoms with Crippen LogP contribution in [0.3, 0.4) is 0 Å². The molecule has 0 spiro atoms. The van der Waals surface area contributed by atoms with Gasteiger partial charge in [0.1, 0.15) is 0 Å². The van der Waals surface area contributed by atoms with Crippen molar-refractivity contribution in [2.24, 2.45) is 0 Å². The maximum absolute atomic E-state index is 11.6. The van der Waals surface area contributed by atoms with E-state index in [2.05, 4.69) is 5.32 Å². The summed E-state index contributed by atoms with van der Waals surface area (Å²) in [6.07, 6.45) is 1.12. The predicted molar refractivity (Wildman–Crippen MR) is 67.7 cm³/mol. The molecule has 1 heterocycles. The minimum Gasteiger partial charge on any atom is -0.504 e. The average molecular weight is 279 g/mol. The average Bonchev–Trinajstić information content (AvgIpc) is 2.31. The van der Waals surface area contributed by atoms with Crippen molar-refractivity contribution in [1.29, 1.82) is 0 Å². The van der Waals surface area contributed by atoms with E-state index in [1.807, 2.05) is 0 Å². The number of carbonyl (C=O) groups is 2. The van der Waals surface area contributed by atoms with Crippen LogP contribution in [0.25, 0.3) is 0 Å². The number of rotatable bonds is 2. The molecule has 3 N–H and O–H groups in total. The lowest BCUT2D eigenvalue weighted by Crippen LogP contribution is -2.42. The van der Waals surface area contributed by atoms with Crippen molar-refractivity contribution in [3.63, 3.8) is 0 Å². The first kappa shape index (κ1) is 13.7. The summed E-state index contributed by atoms with van der Waals surface area (Å²) in [7, 11) is 0. The molecule has 1 aromatic carbocycles. The minimum atomic E-state index is -1.29. The molecule has 0 unspecified atom stereocenters. The number of cyclic esters (lactones) is 2. The third kappa shape index (κ3) is 2.82. The predicted octanol–water partition coefficient (Wildman–Crippen LogP) is 1.23. The van der Waals surface area contributed by atoms with Crippen LogP contribution < -0.4 is 5.32 Å². The van der Waals surface area contributed by atoms with Crippen molar-refractivity contribution in [2.75, 3.05) is 5.32 Å². The molecule has 1 saturated heterocycles. The van der Waals surface area contributed by atoms with E-state index in [0.717, 1.165) is 6.20 Å². The van der Waals surface area contributed by atoms with Gasteiger partial charge in [0.2, 0.25) is 0 Å². The van der Waals surface area contributed by atoms with Crippen LogP contribution in [0, 0.1) is 0 Å². The molecule has 106 valence electrons. The Morgan fingerprint density at radius 1 is 1.10 bits per heavy atom. The van der Waals surface area contributed by atoms with E-state index in [9.17, 15) is 14.7 Å². The molecule has 0 bridgehead atoms. The van der Waals surface area contributed by atoms with Gasteiger partial charge in [-0.05, 0) is 12.1 Å². The van der Waals surface area contributed by atoms with Crippen molar-refractivity contribution < 1.29 is 29.3 Å². The fourth-order valence-corrected chi connectivity index (χ4v) is 1.55. The van der Waals surface area contributed by atoms with Crippen molar-refractivity contribution >= 4 is 17.6 Å². The maximum atomic E-state index is 11.6. The molecule has 1 aromatic rings. The standard InChI is InChI=1S/C13H13NO6/c1-13(2)19-11(17)8(12(18)20-13)6-14-7-3-4-9(15)10(16)5-7/h3-6,14-16H,1-2H3. The van der Waals surface area contributed by atoms with Gasteiger partial charge in [-0.1, -0.05) is 0 Å². The topological polar surface area (TPSA) is 105 Å². The monoisotopic (exact) mass is 279 g/mol. The van der Waals surface area contributed by atoms with Gasteiger partial charge in [0.25, 0.3) is 5.79 Å². The Hall–Kier alpha value is -2.70. The Morgan fingerprint density at radius 2 is 1.70 bits per heavy atom. The molecule has 1 aliphatic rings. The van der Waals surface area contributed by atoms with Crippen LogP contribution in [0.1, 0.15) is 13.8 Å². The number of ether oxygens (including phenoxy) is 2. The largest absolute Gasteiger partial charge is 0.504 e. The number of phenolic OH excluding ortho intramolecular Hbond substituents is 2. The first-order valence-corrected chi connectivity index (χ1v) is 5.74. The number of hydrogen-bond acceptors (Lipinski definition) is 7. The Kier molecular flexibility index (Phi) is 3.27. The van der Waals surface area contributed by atoms with Crippen LogP contribution in [-0.2, 0) is 19.1 Å². The van der Waals surface area contributed by atoms with Crippen molar-refractivity contribution in [3.8, 4) is 11.5 Å². The molecule has 2 rings (SSSR count). The number of phenols is 2. The van der Waals surface area contributed by atoms with Gasteiger partial charge in [-0.2, -0.15) is 0 Å². The van der Waals surface area contributed by atoms with Crippen molar-refractivity contribution in [3.05, 3.63) is 30.0 Å². The van der Waals surface area contributed by atoms with E-state index in [1.54, 1.807) is 0 Å². The molecule has 1 aliphatic heterocycles. The zero-order valence-electron chi connectivity index (χ0n) is 10.8. The van der Waals surface area contributed by atoms with Crippen LogP contribution in [0.4, 0.5) is 5.69 Å². The molecule has 0 atom stereocenters. The molecule has 0 saturated carbocycles. The molecule has 0 radical (unpaired) electrons. The van der Waals surface area contributed by atoms with Crippen molar-refractivity contribution in [2.45, 2.75) is 19.6 Å². The van der Waals surface area contributed by atoms with Gasteiger partial charge in [0.05, 0.1) is 0 Å². The summed E-state index contributed by atoms with van der Waals surface area (Å²) < 4.78 is 9.82. The van der Waals surface area contributed by atoms with Crippen LogP contribution in [0.5, 0.6) is 11.5 Å². The quantitative estimate of drug-likeness (QED) is 0.246. The lowest BCUT2D eigenvalue weighted by Gasteiger charge is -2.29. The van der Waals surface area contributed by atoms with Crippen LogP contribution in [-0.4, -0.2) is 27.9 Å². The second kappa shape index (κ2) is 4.76. The van der Waals surface area contributed by atoms with E-state index in [-0.39, 0.29) is 17.1 Å². The molecule has 0 amide bonds. The van der Waals surface area contributed by atoms with Crippen molar-refractivity contribution in [1.82, 2.24) is 0 Å². The SMILES string of the molecule is CC1(C)OC(=O)C(=CNc2ccc(O)c(O)c2)C(=O)O1. The van der Waals surface area contributed by atoms with E-state index >= 15 is 0 Å². The fourth-order valence-electron chi connectivity index (χ4n) is 1.55. The number of aromatic hydroxyl groups is 2. The molecule has 1 fully saturated rings. The maximum Gasteiger partial charge on any atom is 0.350 e. The smallest absolute Gasteiger partial charge is 0.350 e. The Bertz CT molecular complexity index is 583. The van der Waals surface area contributed by atoms with Gasteiger partial charge < -0.3 is 25.0 Å². The van der Waals surface area contributed by atoms with Crippen LogP contribution in [0.2, 0.25) is 0 Å². The normalized spacial score (nSPS) is 17.2. The fraction of sp³-hybridized carbons (Fsp3) is 0.231. The molecule has 7 heteroatoms. The van der Waals surface area contributed by atoms with E-state index in [0.29, 0.717) is 5.69 Å². The summed E-state index contributed by atoms with van der Waals surface area (Å²) in [5, 5.41) is 21.1. The number of carbonyl (C=O) groups excluding carboxylic acids is 2. The summed E-state index contributed by atoms with van der Waals surface area (Å²) in [5.74, 6) is -3.50. The summed E-state index contributed by atoms with van der Waals surface area (Å²) in [4.78, 5) is 23.3. The molecular weight excluding hydrogens is 266 g/mol. The van der Waals surface area contributed by atoms with Gasteiger partial charge in [-0.25, -0.2) is 9.59 Å².